The van der Waals surface area contributed by atoms with Gasteiger partial charge in [0.1, 0.15) is 0 Å². The topological polar surface area (TPSA) is 102 Å². The quantitative estimate of drug-likeness (QED) is 0.386. The number of rotatable bonds is 8. The minimum atomic E-state index is -4.23. The average Bonchev–Trinajstić information content (AvgIpc) is 2.91. The third-order valence-electron chi connectivity index (χ3n) is 6.50. The number of nitrogens with zero attached hydrogens (tertiary/aromatic N) is 1. The fourth-order valence-electron chi connectivity index (χ4n) is 4.69. The van der Waals surface area contributed by atoms with E-state index in [9.17, 15) is 18.3 Å². The molecule has 10 heteroatoms. The van der Waals surface area contributed by atoms with Crippen molar-refractivity contribution in [2.45, 2.75) is 30.3 Å². The lowest BCUT2D eigenvalue weighted by Gasteiger charge is -2.41. The van der Waals surface area contributed by atoms with E-state index in [1.807, 2.05) is 6.92 Å². The molecule has 0 saturated heterocycles. The number of hydrogen-bond donors (Lipinski definition) is 1. The highest BCUT2D eigenvalue weighted by atomic mass is 35.5. The minimum absolute atomic E-state index is 0.0409. The van der Waals surface area contributed by atoms with Gasteiger partial charge in [0.25, 0.3) is 0 Å². The summed E-state index contributed by atoms with van der Waals surface area (Å²) in [6, 6.07) is 14.4. The highest BCUT2D eigenvalue weighted by molar-refractivity contribution is 7.89. The van der Waals surface area contributed by atoms with Crippen LogP contribution in [0.3, 0.4) is 0 Å². The molecule has 8 nitrogen and oxygen atoms in total. The zero-order valence-corrected chi connectivity index (χ0v) is 22.9. The van der Waals surface area contributed by atoms with E-state index in [1.54, 1.807) is 54.6 Å². The van der Waals surface area contributed by atoms with Crippen molar-refractivity contribution in [1.29, 1.82) is 0 Å². The van der Waals surface area contributed by atoms with Gasteiger partial charge in [0.2, 0.25) is 15.8 Å². The van der Waals surface area contributed by atoms with E-state index in [-0.39, 0.29) is 16.9 Å². The predicted octanol–water partition coefficient (Wildman–Crippen LogP) is 5.56. The third-order valence-corrected chi connectivity index (χ3v) is 8.62. The van der Waals surface area contributed by atoms with Gasteiger partial charge in [-0.1, -0.05) is 47.5 Å². The molecule has 0 saturated carbocycles. The Kier molecular flexibility index (Phi) is 8.01. The Morgan fingerprint density at radius 1 is 0.947 bits per heavy atom. The Balaban J connectivity index is 2.02. The minimum Gasteiger partial charge on any atom is -0.493 e. The maximum Gasteiger partial charge on any atom is 0.333 e. The first-order valence-corrected chi connectivity index (χ1v) is 13.5. The molecule has 4 rings (SSSR count). The van der Waals surface area contributed by atoms with E-state index in [1.165, 1.54) is 37.8 Å². The molecular formula is C28H28ClNO7S. The maximum atomic E-state index is 14.3. The van der Waals surface area contributed by atoms with Crippen molar-refractivity contribution in [3.8, 4) is 17.2 Å². The normalized spacial score (nSPS) is 18.0. The smallest absolute Gasteiger partial charge is 0.333 e. The summed E-state index contributed by atoms with van der Waals surface area (Å²) in [5.41, 5.74) is 1.80. The second-order valence-corrected chi connectivity index (χ2v) is 11.1. The highest BCUT2D eigenvalue weighted by Crippen LogP contribution is 2.49. The van der Waals surface area contributed by atoms with Crippen LogP contribution in [-0.2, 0) is 14.8 Å². The monoisotopic (exact) mass is 557 g/mol. The van der Waals surface area contributed by atoms with Crippen molar-refractivity contribution < 1.29 is 32.5 Å². The van der Waals surface area contributed by atoms with Gasteiger partial charge in [-0.2, -0.15) is 4.31 Å². The van der Waals surface area contributed by atoms with E-state index in [0.29, 0.717) is 33.4 Å². The molecule has 0 amide bonds. The largest absolute Gasteiger partial charge is 0.493 e. The number of carboxylic acids is 1. The fourth-order valence-corrected chi connectivity index (χ4v) is 6.67. The highest BCUT2D eigenvalue weighted by Gasteiger charge is 2.45. The number of methoxy groups -OCH3 is 3. The number of hydrogen-bond acceptors (Lipinski definition) is 6. The summed E-state index contributed by atoms with van der Waals surface area (Å²) in [7, 11) is 0.188. The SMILES string of the molecule is COc1cc([C@@H]2CC=C(C(=O)O)[C@H](c3cccc(Cl)c3)N2S(=O)(=O)c2ccc(C)cc2)cc(OC)c1OC. The van der Waals surface area contributed by atoms with Crippen LogP contribution in [-0.4, -0.2) is 45.1 Å². The molecule has 1 aliphatic rings. The van der Waals surface area contributed by atoms with Crippen molar-refractivity contribution in [1.82, 2.24) is 4.31 Å². The third kappa shape index (κ3) is 5.09. The van der Waals surface area contributed by atoms with Crippen LogP contribution in [0, 0.1) is 6.92 Å². The number of benzene rings is 3. The van der Waals surface area contributed by atoms with Gasteiger partial charge in [0.15, 0.2) is 11.5 Å². The van der Waals surface area contributed by atoms with E-state index in [4.69, 9.17) is 25.8 Å². The van der Waals surface area contributed by atoms with Crippen LogP contribution in [0.25, 0.3) is 0 Å². The molecule has 1 aliphatic heterocycles. The maximum absolute atomic E-state index is 14.3. The van der Waals surface area contributed by atoms with Crippen LogP contribution in [0.5, 0.6) is 17.2 Å². The first kappa shape index (κ1) is 27.5. The number of aryl methyl sites for hydroxylation is 1. The van der Waals surface area contributed by atoms with Crippen LogP contribution >= 0.6 is 11.6 Å². The molecule has 0 radical (unpaired) electrons. The van der Waals surface area contributed by atoms with E-state index >= 15 is 0 Å². The lowest BCUT2D eigenvalue weighted by molar-refractivity contribution is -0.133. The lowest BCUT2D eigenvalue weighted by Crippen LogP contribution is -2.42. The van der Waals surface area contributed by atoms with Gasteiger partial charge in [0, 0.05) is 5.02 Å². The Labute approximate surface area is 227 Å². The van der Waals surface area contributed by atoms with Gasteiger partial charge in [-0.05, 0) is 60.9 Å². The molecule has 1 N–H and O–H groups in total. The zero-order valence-electron chi connectivity index (χ0n) is 21.3. The Hall–Kier alpha value is -3.53. The summed E-state index contributed by atoms with van der Waals surface area (Å²) in [6.45, 7) is 1.86. The number of ether oxygens (including phenoxy) is 3. The second kappa shape index (κ2) is 11.1. The van der Waals surface area contributed by atoms with Crippen LogP contribution in [0.4, 0.5) is 0 Å². The summed E-state index contributed by atoms with van der Waals surface area (Å²) in [4.78, 5) is 12.5. The Morgan fingerprint density at radius 3 is 2.11 bits per heavy atom. The van der Waals surface area contributed by atoms with Gasteiger partial charge >= 0.3 is 5.97 Å². The first-order chi connectivity index (χ1) is 18.1. The molecule has 0 aromatic heterocycles. The first-order valence-electron chi connectivity index (χ1n) is 11.7. The van der Waals surface area contributed by atoms with Crippen molar-refractivity contribution in [2.75, 3.05) is 21.3 Å². The summed E-state index contributed by atoms with van der Waals surface area (Å²) < 4.78 is 46.4. The standard InChI is InChI=1S/C28H28ClNO7S/c1-17-8-10-21(11-9-17)38(33,34)30-23(19-15-24(35-2)27(37-4)25(16-19)36-3)13-12-22(28(31)32)26(30)18-6-5-7-20(29)14-18/h5-12,14-16,23,26H,13H2,1-4H3,(H,31,32)/t23-,26-/m0/s1. The van der Waals surface area contributed by atoms with Gasteiger partial charge < -0.3 is 19.3 Å². The number of carboxylic acid groups (broad SMARTS) is 1. The van der Waals surface area contributed by atoms with E-state index in [2.05, 4.69) is 0 Å². The molecule has 3 aromatic carbocycles. The number of aliphatic carboxylic acids is 1. The Bertz CT molecular complexity index is 1460. The van der Waals surface area contributed by atoms with Crippen molar-refractivity contribution >= 4 is 27.6 Å². The molecule has 0 unspecified atom stereocenters. The van der Waals surface area contributed by atoms with Crippen LogP contribution < -0.4 is 14.2 Å². The van der Waals surface area contributed by atoms with Crippen molar-refractivity contribution in [3.05, 3.63) is 94.0 Å². The number of carbonyl (C=O) groups is 1. The van der Waals surface area contributed by atoms with Crippen LogP contribution in [0.15, 0.2) is 77.2 Å². The molecule has 3 aromatic rings. The fraction of sp³-hybridized carbons (Fsp3) is 0.250. The van der Waals surface area contributed by atoms with E-state index in [0.717, 1.165) is 5.56 Å². The second-order valence-electron chi connectivity index (χ2n) is 8.78. The molecular weight excluding hydrogens is 530 g/mol. The van der Waals surface area contributed by atoms with Gasteiger partial charge in [-0.25, -0.2) is 13.2 Å². The summed E-state index contributed by atoms with van der Waals surface area (Å²) in [5.74, 6) is -0.165. The van der Waals surface area contributed by atoms with Crippen molar-refractivity contribution in [2.24, 2.45) is 0 Å². The summed E-state index contributed by atoms with van der Waals surface area (Å²) >= 11 is 6.27. The molecule has 2 atom stereocenters. The lowest BCUT2D eigenvalue weighted by atomic mass is 9.89. The van der Waals surface area contributed by atoms with Gasteiger partial charge in [-0.15, -0.1) is 0 Å². The molecule has 0 fully saturated rings. The summed E-state index contributed by atoms with van der Waals surface area (Å²) in [5, 5.41) is 10.5. The van der Waals surface area contributed by atoms with Crippen LogP contribution in [0.1, 0.15) is 35.2 Å². The van der Waals surface area contributed by atoms with Crippen LogP contribution in [0.2, 0.25) is 5.02 Å². The van der Waals surface area contributed by atoms with Crippen molar-refractivity contribution in [3.63, 3.8) is 0 Å². The molecule has 0 spiro atoms. The van der Waals surface area contributed by atoms with Gasteiger partial charge in [0.05, 0.1) is 43.9 Å². The molecule has 38 heavy (non-hydrogen) atoms. The number of sulfonamides is 1. The number of halogens is 1. The summed E-state index contributed by atoms with van der Waals surface area (Å²) in [6.07, 6.45) is 1.66. The predicted molar refractivity (Wildman–Crippen MR) is 144 cm³/mol. The van der Waals surface area contributed by atoms with E-state index < -0.39 is 28.1 Å². The molecule has 0 aliphatic carbocycles. The van der Waals surface area contributed by atoms with Gasteiger partial charge in [-0.3, -0.25) is 0 Å². The Morgan fingerprint density at radius 2 is 1.58 bits per heavy atom. The zero-order chi connectivity index (χ0) is 27.6. The average molecular weight is 558 g/mol. The molecule has 0 bridgehead atoms. The molecule has 1 heterocycles. The molecule has 200 valence electrons.